The Labute approximate surface area is 136 Å². The Kier molecular flexibility index (Phi) is 5.59. The first kappa shape index (κ1) is 17.7. The van der Waals surface area contributed by atoms with E-state index in [2.05, 4.69) is 19.2 Å². The topological polar surface area (TPSA) is 92.5 Å². The van der Waals surface area contributed by atoms with Gasteiger partial charge in [-0.25, -0.2) is 8.42 Å². The van der Waals surface area contributed by atoms with Crippen LogP contribution in [0.5, 0.6) is 0 Å². The molecule has 0 amide bonds. The van der Waals surface area contributed by atoms with Crippen molar-refractivity contribution >= 4 is 21.4 Å². The number of rotatable bonds is 7. The first-order chi connectivity index (χ1) is 10.8. The molecule has 0 saturated carbocycles. The lowest BCUT2D eigenvalue weighted by Gasteiger charge is -2.19. The molecule has 0 aliphatic carbocycles. The van der Waals surface area contributed by atoms with Crippen molar-refractivity contribution in [1.82, 2.24) is 4.31 Å². The van der Waals surface area contributed by atoms with Crippen molar-refractivity contribution in [1.29, 1.82) is 0 Å². The maximum atomic E-state index is 12.8. The second kappa shape index (κ2) is 7.27. The summed E-state index contributed by atoms with van der Waals surface area (Å²) in [5.41, 5.74) is 0.223. The molecule has 0 aromatic heterocycles. The second-order valence-electron chi connectivity index (χ2n) is 6.16. The molecular weight excluding hydrogens is 318 g/mol. The van der Waals surface area contributed by atoms with Crippen LogP contribution in [0.4, 0.5) is 11.4 Å². The van der Waals surface area contributed by atoms with Crippen LogP contribution < -0.4 is 5.32 Å². The number of anilines is 1. The van der Waals surface area contributed by atoms with Crippen molar-refractivity contribution in [2.24, 2.45) is 5.92 Å². The van der Waals surface area contributed by atoms with Gasteiger partial charge in [-0.15, -0.1) is 0 Å². The number of hydrogen-bond acceptors (Lipinski definition) is 5. The average Bonchev–Trinajstić information content (AvgIpc) is 3.01. The Morgan fingerprint density at radius 3 is 2.52 bits per heavy atom. The molecule has 1 N–H and O–H groups in total. The standard InChI is InChI=1S/C15H23N3O4S/c1-12(2)7-8-16-14-6-5-13(18(19)20)11-15(14)23(21,22)17-9-3-4-10-17/h5-6,11-12,16H,3-4,7-10H2,1-2H3. The van der Waals surface area contributed by atoms with Gasteiger partial charge in [0.1, 0.15) is 4.90 Å². The Bertz CT molecular complexity index is 667. The number of nitrogens with one attached hydrogen (secondary N) is 1. The van der Waals surface area contributed by atoms with Crippen molar-refractivity contribution in [3.63, 3.8) is 0 Å². The summed E-state index contributed by atoms with van der Waals surface area (Å²) in [4.78, 5) is 10.4. The van der Waals surface area contributed by atoms with Crippen molar-refractivity contribution in [2.75, 3.05) is 25.0 Å². The molecule has 0 radical (unpaired) electrons. The molecule has 1 aliphatic rings. The van der Waals surface area contributed by atoms with Crippen LogP contribution in [-0.4, -0.2) is 37.3 Å². The quantitative estimate of drug-likeness (QED) is 0.608. The largest absolute Gasteiger partial charge is 0.384 e. The van der Waals surface area contributed by atoms with Gasteiger partial charge in [0.15, 0.2) is 0 Å². The van der Waals surface area contributed by atoms with E-state index in [9.17, 15) is 18.5 Å². The number of nitrogens with zero attached hydrogens (tertiary/aromatic N) is 2. The van der Waals surface area contributed by atoms with Gasteiger partial charge >= 0.3 is 0 Å². The predicted molar refractivity (Wildman–Crippen MR) is 89.0 cm³/mol. The summed E-state index contributed by atoms with van der Waals surface area (Å²) >= 11 is 0. The zero-order valence-corrected chi connectivity index (χ0v) is 14.3. The zero-order valence-electron chi connectivity index (χ0n) is 13.5. The summed E-state index contributed by atoms with van der Waals surface area (Å²) in [5.74, 6) is 0.485. The van der Waals surface area contributed by atoms with Gasteiger partial charge in [0.2, 0.25) is 10.0 Å². The molecule has 7 nitrogen and oxygen atoms in total. The SMILES string of the molecule is CC(C)CCNc1ccc([N+](=O)[O-])cc1S(=O)(=O)N1CCCC1. The molecule has 1 aromatic carbocycles. The van der Waals surface area contributed by atoms with Crippen molar-refractivity contribution in [2.45, 2.75) is 38.0 Å². The third-order valence-corrected chi connectivity index (χ3v) is 5.83. The maximum Gasteiger partial charge on any atom is 0.270 e. The zero-order chi connectivity index (χ0) is 17.0. The highest BCUT2D eigenvalue weighted by molar-refractivity contribution is 7.89. The van der Waals surface area contributed by atoms with E-state index in [1.807, 2.05) is 0 Å². The molecule has 128 valence electrons. The normalized spacial score (nSPS) is 16.0. The van der Waals surface area contributed by atoms with E-state index in [0.717, 1.165) is 25.3 Å². The van der Waals surface area contributed by atoms with Gasteiger partial charge in [0, 0.05) is 31.8 Å². The molecule has 8 heteroatoms. The molecule has 1 fully saturated rings. The van der Waals surface area contributed by atoms with Gasteiger partial charge in [-0.3, -0.25) is 10.1 Å². The molecule has 0 unspecified atom stereocenters. The van der Waals surface area contributed by atoms with Crippen LogP contribution in [-0.2, 0) is 10.0 Å². The number of non-ortho nitro benzene ring substituents is 1. The average molecular weight is 341 g/mol. The highest BCUT2D eigenvalue weighted by Crippen LogP contribution is 2.30. The third-order valence-electron chi connectivity index (χ3n) is 3.90. The van der Waals surface area contributed by atoms with Crippen LogP contribution in [0, 0.1) is 16.0 Å². The Hall–Kier alpha value is -1.67. The number of hydrogen-bond donors (Lipinski definition) is 1. The Morgan fingerprint density at radius 2 is 1.96 bits per heavy atom. The van der Waals surface area contributed by atoms with Crippen LogP contribution >= 0.6 is 0 Å². The van der Waals surface area contributed by atoms with Crippen molar-refractivity contribution < 1.29 is 13.3 Å². The minimum Gasteiger partial charge on any atom is -0.384 e. The summed E-state index contributed by atoms with van der Waals surface area (Å²) in [6, 6.07) is 3.98. The van der Waals surface area contributed by atoms with Crippen LogP contribution in [0.15, 0.2) is 23.1 Å². The minimum atomic E-state index is -3.71. The number of nitro benzene ring substituents is 1. The van der Waals surface area contributed by atoms with Gasteiger partial charge in [0.05, 0.1) is 10.6 Å². The highest BCUT2D eigenvalue weighted by Gasteiger charge is 2.30. The lowest BCUT2D eigenvalue weighted by atomic mass is 10.1. The molecule has 0 atom stereocenters. The van der Waals surface area contributed by atoms with E-state index in [-0.39, 0.29) is 10.6 Å². The lowest BCUT2D eigenvalue weighted by Crippen LogP contribution is -2.28. The summed E-state index contributed by atoms with van der Waals surface area (Å²) in [7, 11) is -3.71. The van der Waals surface area contributed by atoms with E-state index in [1.54, 1.807) is 0 Å². The maximum absolute atomic E-state index is 12.8. The summed E-state index contributed by atoms with van der Waals surface area (Å²) < 4.78 is 27.0. The van der Waals surface area contributed by atoms with Crippen molar-refractivity contribution in [3.8, 4) is 0 Å². The van der Waals surface area contributed by atoms with Crippen LogP contribution in [0.25, 0.3) is 0 Å². The summed E-state index contributed by atoms with van der Waals surface area (Å²) in [5, 5.41) is 14.1. The number of sulfonamides is 1. The fraction of sp³-hybridized carbons (Fsp3) is 0.600. The van der Waals surface area contributed by atoms with E-state index < -0.39 is 14.9 Å². The van der Waals surface area contributed by atoms with Gasteiger partial charge in [-0.2, -0.15) is 4.31 Å². The van der Waals surface area contributed by atoms with Gasteiger partial charge in [-0.1, -0.05) is 13.8 Å². The van der Waals surface area contributed by atoms with Crippen LogP contribution in [0.3, 0.4) is 0 Å². The Balaban J connectivity index is 2.36. The summed E-state index contributed by atoms with van der Waals surface area (Å²) in [6.07, 6.45) is 2.54. The second-order valence-corrected chi connectivity index (χ2v) is 8.06. The monoisotopic (exact) mass is 341 g/mol. The molecule has 0 spiro atoms. The van der Waals surface area contributed by atoms with Crippen LogP contribution in [0.2, 0.25) is 0 Å². The molecule has 1 aromatic rings. The molecule has 23 heavy (non-hydrogen) atoms. The Morgan fingerprint density at radius 1 is 1.30 bits per heavy atom. The van der Waals surface area contributed by atoms with Gasteiger partial charge in [0.25, 0.3) is 5.69 Å². The molecule has 2 rings (SSSR count). The minimum absolute atomic E-state index is 0.00245. The van der Waals surface area contributed by atoms with Gasteiger partial charge < -0.3 is 5.32 Å². The lowest BCUT2D eigenvalue weighted by molar-refractivity contribution is -0.385. The van der Waals surface area contributed by atoms with E-state index >= 15 is 0 Å². The number of benzene rings is 1. The predicted octanol–water partition coefficient (Wildman–Crippen LogP) is 2.84. The molecule has 1 saturated heterocycles. The van der Waals surface area contributed by atoms with E-state index in [4.69, 9.17) is 0 Å². The molecular formula is C15H23N3O4S. The summed E-state index contributed by atoms with van der Waals surface area (Å²) in [6.45, 7) is 5.73. The highest BCUT2D eigenvalue weighted by atomic mass is 32.2. The molecule has 1 aliphatic heterocycles. The van der Waals surface area contributed by atoms with Crippen LogP contribution in [0.1, 0.15) is 33.1 Å². The van der Waals surface area contributed by atoms with Crippen molar-refractivity contribution in [3.05, 3.63) is 28.3 Å². The molecule has 1 heterocycles. The fourth-order valence-corrected chi connectivity index (χ4v) is 4.25. The first-order valence-electron chi connectivity index (χ1n) is 7.85. The third kappa shape index (κ3) is 4.20. The fourth-order valence-electron chi connectivity index (χ4n) is 2.55. The smallest absolute Gasteiger partial charge is 0.270 e. The molecule has 0 bridgehead atoms. The number of nitro groups is 1. The first-order valence-corrected chi connectivity index (χ1v) is 9.29. The van der Waals surface area contributed by atoms with E-state index in [1.165, 1.54) is 16.4 Å². The van der Waals surface area contributed by atoms with E-state index in [0.29, 0.717) is 31.2 Å². The van der Waals surface area contributed by atoms with Gasteiger partial charge in [-0.05, 0) is 31.2 Å².